The van der Waals surface area contributed by atoms with E-state index in [9.17, 15) is 9.59 Å². The number of carbonyl (C=O) groups excluding carboxylic acids is 2. The summed E-state index contributed by atoms with van der Waals surface area (Å²) in [5.41, 5.74) is 0. The van der Waals surface area contributed by atoms with Gasteiger partial charge in [-0.3, -0.25) is 9.59 Å². The minimum atomic E-state index is -0.568. The highest BCUT2D eigenvalue weighted by Crippen LogP contribution is 2.14. The number of hydrogen-bond donors (Lipinski definition) is 0. The van der Waals surface area contributed by atoms with Gasteiger partial charge >= 0.3 is 11.9 Å². The molecule has 0 heterocycles. The smallest absolute Gasteiger partial charge is 0.306 e. The average Bonchev–Trinajstić information content (AvgIpc) is 3.32. The van der Waals surface area contributed by atoms with Crippen molar-refractivity contribution in [3.05, 3.63) is 97.2 Å². The van der Waals surface area contributed by atoms with Gasteiger partial charge in [0, 0.05) is 19.4 Å². The summed E-state index contributed by atoms with van der Waals surface area (Å²) in [4.78, 5) is 25.4. The van der Waals surface area contributed by atoms with E-state index in [1.165, 1.54) is 122 Å². The van der Waals surface area contributed by atoms with Gasteiger partial charge in [-0.1, -0.05) is 214 Å². The second-order valence-corrected chi connectivity index (χ2v) is 18.1. The Labute approximate surface area is 409 Å². The first-order valence-corrected chi connectivity index (χ1v) is 27.8. The summed E-state index contributed by atoms with van der Waals surface area (Å²) >= 11 is 0. The highest BCUT2D eigenvalue weighted by atomic mass is 16.6. The molecule has 0 fully saturated rings. The molecule has 5 nitrogen and oxygen atoms in total. The van der Waals surface area contributed by atoms with Gasteiger partial charge in [-0.2, -0.15) is 0 Å². The number of ether oxygens (including phenoxy) is 3. The Kier molecular flexibility index (Phi) is 53.4. The van der Waals surface area contributed by atoms with Crippen LogP contribution in [0.3, 0.4) is 0 Å². The Hall–Kier alpha value is -3.18. The Balaban J connectivity index is 4.35. The van der Waals surface area contributed by atoms with E-state index in [2.05, 4.69) is 118 Å². The van der Waals surface area contributed by atoms with E-state index in [0.29, 0.717) is 19.4 Å². The van der Waals surface area contributed by atoms with Crippen molar-refractivity contribution >= 4 is 11.9 Å². The number of carbonyl (C=O) groups is 2. The number of unbranched alkanes of at least 4 members (excludes halogenated alkanes) is 23. The lowest BCUT2D eigenvalue weighted by molar-refractivity contribution is -0.163. The SMILES string of the molecule is CC/C=C\C/C=C\C/C=C\C/C=C\CCCCC(=O)OCC(COCCCCCCCCCCCC/C=C\C/C=C\CCCCC)OC(=O)CCCCCCC/C=C\C/C=C\CCCCC. The van der Waals surface area contributed by atoms with Crippen LogP contribution in [0.25, 0.3) is 0 Å². The first kappa shape index (κ1) is 62.8. The third kappa shape index (κ3) is 53.4. The summed E-state index contributed by atoms with van der Waals surface area (Å²) in [6.07, 6.45) is 75.7. The highest BCUT2D eigenvalue weighted by molar-refractivity contribution is 5.70. The molecule has 0 aromatic heterocycles. The molecule has 0 radical (unpaired) electrons. The van der Waals surface area contributed by atoms with Crippen molar-refractivity contribution in [1.82, 2.24) is 0 Å². The van der Waals surface area contributed by atoms with E-state index in [-0.39, 0.29) is 25.2 Å². The molecule has 0 aliphatic rings. The average molecular weight is 917 g/mol. The van der Waals surface area contributed by atoms with Gasteiger partial charge in [0.2, 0.25) is 0 Å². The largest absolute Gasteiger partial charge is 0.462 e. The lowest BCUT2D eigenvalue weighted by Crippen LogP contribution is -2.30. The van der Waals surface area contributed by atoms with Crippen molar-refractivity contribution in [2.24, 2.45) is 0 Å². The standard InChI is InChI=1S/C61H104O5/c1-4-7-10-13-16-19-22-25-28-29-30-31-32-35-38-41-44-47-50-53-56-64-57-59(66-61(63)55-52-49-46-43-40-37-34-27-24-21-18-15-12-9-6-3)58-65-60(62)54-51-48-45-42-39-36-33-26-23-20-17-14-11-8-5-2/h8,11,16-21,25-28,33-34,39,42,59H,4-7,9-10,12-15,22-24,29-32,35-38,40-41,43-58H2,1-3H3/b11-8-,19-16-,20-17-,21-18-,28-25-,33-26-,34-27-,42-39-. The lowest BCUT2D eigenvalue weighted by Gasteiger charge is -2.18. The molecule has 0 aromatic carbocycles. The van der Waals surface area contributed by atoms with Crippen molar-refractivity contribution in [3.8, 4) is 0 Å². The van der Waals surface area contributed by atoms with Gasteiger partial charge < -0.3 is 14.2 Å². The zero-order valence-corrected chi connectivity index (χ0v) is 43.4. The molecule has 0 amide bonds. The fourth-order valence-corrected chi connectivity index (χ4v) is 7.44. The monoisotopic (exact) mass is 917 g/mol. The van der Waals surface area contributed by atoms with Crippen molar-refractivity contribution in [3.63, 3.8) is 0 Å². The summed E-state index contributed by atoms with van der Waals surface area (Å²) in [6.45, 7) is 7.61. The molecule has 0 aromatic rings. The molecule has 0 saturated carbocycles. The van der Waals surface area contributed by atoms with E-state index in [4.69, 9.17) is 14.2 Å². The van der Waals surface area contributed by atoms with Crippen LogP contribution in [0.1, 0.15) is 252 Å². The molecule has 66 heavy (non-hydrogen) atoms. The maximum Gasteiger partial charge on any atom is 0.306 e. The second kappa shape index (κ2) is 56.1. The molecule has 0 N–H and O–H groups in total. The van der Waals surface area contributed by atoms with Crippen LogP contribution >= 0.6 is 0 Å². The van der Waals surface area contributed by atoms with Crippen molar-refractivity contribution in [1.29, 1.82) is 0 Å². The quantitative estimate of drug-likeness (QED) is 0.0346. The fourth-order valence-electron chi connectivity index (χ4n) is 7.44. The molecule has 0 saturated heterocycles. The van der Waals surface area contributed by atoms with E-state index in [0.717, 1.165) is 96.3 Å². The van der Waals surface area contributed by atoms with Crippen LogP contribution in [0.4, 0.5) is 0 Å². The first-order valence-electron chi connectivity index (χ1n) is 27.8. The van der Waals surface area contributed by atoms with Gasteiger partial charge in [0.05, 0.1) is 6.61 Å². The van der Waals surface area contributed by atoms with E-state index >= 15 is 0 Å². The van der Waals surface area contributed by atoms with Crippen molar-refractivity contribution in [2.75, 3.05) is 19.8 Å². The Bertz CT molecular complexity index is 1270. The molecule has 0 aliphatic heterocycles. The normalized spacial score (nSPS) is 13.0. The van der Waals surface area contributed by atoms with Gasteiger partial charge in [0.25, 0.3) is 0 Å². The van der Waals surface area contributed by atoms with E-state index in [1.807, 2.05) is 0 Å². The lowest BCUT2D eigenvalue weighted by atomic mass is 10.1. The summed E-state index contributed by atoms with van der Waals surface area (Å²) in [6, 6.07) is 0. The summed E-state index contributed by atoms with van der Waals surface area (Å²) in [5.74, 6) is -0.462. The molecule has 0 aliphatic carbocycles. The minimum Gasteiger partial charge on any atom is -0.462 e. The molecule has 0 rings (SSSR count). The Morgan fingerprint density at radius 3 is 1.12 bits per heavy atom. The maximum absolute atomic E-state index is 12.8. The van der Waals surface area contributed by atoms with Crippen LogP contribution in [0.5, 0.6) is 0 Å². The first-order chi connectivity index (χ1) is 32.6. The van der Waals surface area contributed by atoms with Gasteiger partial charge in [0.15, 0.2) is 6.10 Å². The van der Waals surface area contributed by atoms with Crippen LogP contribution in [0.2, 0.25) is 0 Å². The Morgan fingerprint density at radius 1 is 0.348 bits per heavy atom. The zero-order valence-electron chi connectivity index (χ0n) is 43.4. The molecule has 378 valence electrons. The number of esters is 2. The molecule has 5 heteroatoms. The van der Waals surface area contributed by atoms with E-state index < -0.39 is 6.10 Å². The number of allylic oxidation sites excluding steroid dienone is 16. The van der Waals surface area contributed by atoms with Crippen molar-refractivity contribution in [2.45, 2.75) is 258 Å². The van der Waals surface area contributed by atoms with Crippen LogP contribution in [-0.2, 0) is 23.8 Å². The van der Waals surface area contributed by atoms with Crippen LogP contribution < -0.4 is 0 Å². The minimum absolute atomic E-state index is 0.0527. The van der Waals surface area contributed by atoms with Gasteiger partial charge in [-0.05, 0) is 122 Å². The van der Waals surface area contributed by atoms with Gasteiger partial charge in [-0.25, -0.2) is 0 Å². The van der Waals surface area contributed by atoms with Gasteiger partial charge in [-0.15, -0.1) is 0 Å². The third-order valence-corrected chi connectivity index (χ3v) is 11.6. The predicted octanol–water partition coefficient (Wildman–Crippen LogP) is 19.0. The molecule has 1 unspecified atom stereocenters. The highest BCUT2D eigenvalue weighted by Gasteiger charge is 2.17. The zero-order chi connectivity index (χ0) is 47.7. The van der Waals surface area contributed by atoms with Crippen molar-refractivity contribution < 1.29 is 23.8 Å². The number of hydrogen-bond acceptors (Lipinski definition) is 5. The van der Waals surface area contributed by atoms with Crippen LogP contribution in [-0.4, -0.2) is 37.9 Å². The fraction of sp³-hybridized carbons (Fsp3) is 0.705. The number of rotatable bonds is 50. The maximum atomic E-state index is 12.8. The molecule has 0 spiro atoms. The summed E-state index contributed by atoms with van der Waals surface area (Å²) < 4.78 is 17.4. The second-order valence-electron chi connectivity index (χ2n) is 18.1. The predicted molar refractivity (Wildman–Crippen MR) is 288 cm³/mol. The summed E-state index contributed by atoms with van der Waals surface area (Å²) in [5, 5.41) is 0. The van der Waals surface area contributed by atoms with Crippen LogP contribution in [0.15, 0.2) is 97.2 Å². The molecule has 1 atom stereocenters. The molecular weight excluding hydrogens is 813 g/mol. The Morgan fingerprint density at radius 2 is 0.682 bits per heavy atom. The van der Waals surface area contributed by atoms with Gasteiger partial charge in [0.1, 0.15) is 6.61 Å². The summed E-state index contributed by atoms with van der Waals surface area (Å²) in [7, 11) is 0. The third-order valence-electron chi connectivity index (χ3n) is 11.6. The van der Waals surface area contributed by atoms with Crippen LogP contribution in [0, 0.1) is 0 Å². The molecular formula is C61H104O5. The topological polar surface area (TPSA) is 61.8 Å². The molecule has 0 bridgehead atoms. The van der Waals surface area contributed by atoms with E-state index in [1.54, 1.807) is 0 Å².